The lowest BCUT2D eigenvalue weighted by atomic mass is 10.0. The minimum absolute atomic E-state index is 0.0799. The highest BCUT2D eigenvalue weighted by atomic mass is 16.6. The lowest BCUT2D eigenvalue weighted by Crippen LogP contribution is -2.30. The molecule has 0 bridgehead atoms. The first kappa shape index (κ1) is 62.4. The number of hydrogen-bond donors (Lipinski definition) is 0. The van der Waals surface area contributed by atoms with Crippen molar-refractivity contribution in [3.8, 4) is 0 Å². The number of carbonyl (C=O) groups is 3. The maximum Gasteiger partial charge on any atom is 0.306 e. The van der Waals surface area contributed by atoms with E-state index in [9.17, 15) is 14.4 Å². The zero-order valence-electron chi connectivity index (χ0n) is 43.3. The first-order valence-corrected chi connectivity index (χ1v) is 28.1. The normalized spacial score (nSPS) is 12.4. The Bertz CT molecular complexity index is 1140. The van der Waals surface area contributed by atoms with Crippen LogP contribution >= 0.6 is 0 Å². The number of carbonyl (C=O) groups excluding carboxylic acids is 3. The van der Waals surface area contributed by atoms with Gasteiger partial charge in [0, 0.05) is 19.3 Å². The van der Waals surface area contributed by atoms with Gasteiger partial charge in [-0.25, -0.2) is 0 Å². The van der Waals surface area contributed by atoms with Crippen molar-refractivity contribution in [2.75, 3.05) is 13.2 Å². The first-order valence-electron chi connectivity index (χ1n) is 28.1. The lowest BCUT2D eigenvalue weighted by molar-refractivity contribution is -0.167. The predicted molar refractivity (Wildman–Crippen MR) is 279 cm³/mol. The van der Waals surface area contributed by atoms with Crippen molar-refractivity contribution >= 4 is 17.9 Å². The van der Waals surface area contributed by atoms with E-state index in [1.165, 1.54) is 148 Å². The molecule has 65 heavy (non-hydrogen) atoms. The summed E-state index contributed by atoms with van der Waals surface area (Å²) in [6, 6.07) is 0. The summed E-state index contributed by atoms with van der Waals surface area (Å²) in [7, 11) is 0. The highest BCUT2D eigenvalue weighted by molar-refractivity contribution is 5.71. The van der Waals surface area contributed by atoms with E-state index in [4.69, 9.17) is 14.2 Å². The molecule has 0 heterocycles. The smallest absolute Gasteiger partial charge is 0.306 e. The topological polar surface area (TPSA) is 78.9 Å². The Kier molecular flexibility index (Phi) is 51.8. The van der Waals surface area contributed by atoms with Gasteiger partial charge < -0.3 is 14.2 Å². The number of unbranched alkanes of at least 4 members (excludes halogenated alkanes) is 32. The van der Waals surface area contributed by atoms with E-state index in [1.807, 2.05) is 0 Å². The van der Waals surface area contributed by atoms with Crippen molar-refractivity contribution in [2.45, 2.75) is 297 Å². The van der Waals surface area contributed by atoms with Gasteiger partial charge in [0.25, 0.3) is 0 Å². The fourth-order valence-electron chi connectivity index (χ4n) is 8.10. The second-order valence-corrected chi connectivity index (χ2v) is 18.8. The average Bonchev–Trinajstić information content (AvgIpc) is 3.30. The number of esters is 3. The van der Waals surface area contributed by atoms with Crippen LogP contribution in [0.15, 0.2) is 48.6 Å². The SMILES string of the molecule is CC/C=C\C/C=C\C/C=C\CCCCCCCC(=O)O[C@H](COC(=O)CCCCCCC/C=C\CCCCCCCC)COC(=O)CCCCCCCCCCCCCCCCCCC. The van der Waals surface area contributed by atoms with Gasteiger partial charge in [0.05, 0.1) is 0 Å². The van der Waals surface area contributed by atoms with Crippen LogP contribution in [-0.4, -0.2) is 37.2 Å². The molecule has 6 heteroatoms. The highest BCUT2D eigenvalue weighted by Crippen LogP contribution is 2.16. The van der Waals surface area contributed by atoms with Crippen LogP contribution in [-0.2, 0) is 28.6 Å². The fourth-order valence-corrected chi connectivity index (χ4v) is 8.10. The fraction of sp³-hybridized carbons (Fsp3) is 0.814. The minimum Gasteiger partial charge on any atom is -0.462 e. The van der Waals surface area contributed by atoms with E-state index in [1.54, 1.807) is 0 Å². The van der Waals surface area contributed by atoms with Gasteiger partial charge in [-0.1, -0.05) is 243 Å². The molecule has 1 atom stereocenters. The Morgan fingerprint density at radius 1 is 0.323 bits per heavy atom. The largest absolute Gasteiger partial charge is 0.462 e. The van der Waals surface area contributed by atoms with Crippen molar-refractivity contribution in [3.63, 3.8) is 0 Å². The Balaban J connectivity index is 4.38. The van der Waals surface area contributed by atoms with Gasteiger partial charge in [-0.15, -0.1) is 0 Å². The van der Waals surface area contributed by atoms with Crippen molar-refractivity contribution in [2.24, 2.45) is 0 Å². The van der Waals surface area contributed by atoms with Gasteiger partial charge in [-0.05, 0) is 77.0 Å². The first-order chi connectivity index (χ1) is 32.0. The maximum absolute atomic E-state index is 12.8. The third kappa shape index (κ3) is 52.2. The van der Waals surface area contributed by atoms with E-state index in [0.717, 1.165) is 103 Å². The molecule has 0 N–H and O–H groups in total. The quantitative estimate of drug-likeness (QED) is 0.0262. The van der Waals surface area contributed by atoms with Crippen molar-refractivity contribution in [3.05, 3.63) is 48.6 Å². The molecule has 0 saturated carbocycles. The standard InChI is InChI=1S/C59H106O6/c1-4-7-10-13-16-19-22-25-28-29-32-34-37-40-43-46-49-52-58(61)64-55-56(65-59(62)53-50-47-44-41-38-35-31-27-24-21-18-15-12-9-6-3)54-63-57(60)51-48-45-42-39-36-33-30-26-23-20-17-14-11-8-5-2/h9,12,18,21,26-27,30-31,56H,4-8,10-11,13-17,19-20,22-25,28-29,32-55H2,1-3H3/b12-9-,21-18-,30-26-,31-27-/t56-/m1/s1. The third-order valence-electron chi connectivity index (χ3n) is 12.3. The molecule has 0 aliphatic rings. The van der Waals surface area contributed by atoms with Gasteiger partial charge in [-0.3, -0.25) is 14.4 Å². The number of allylic oxidation sites excluding steroid dienone is 8. The molecule has 0 aromatic heterocycles. The van der Waals surface area contributed by atoms with Crippen LogP contribution in [0, 0.1) is 0 Å². The van der Waals surface area contributed by atoms with E-state index in [2.05, 4.69) is 69.4 Å². The molecule has 0 fully saturated rings. The zero-order chi connectivity index (χ0) is 47.2. The molecule has 0 amide bonds. The Morgan fingerprint density at radius 2 is 0.600 bits per heavy atom. The van der Waals surface area contributed by atoms with Crippen LogP contribution in [0.2, 0.25) is 0 Å². The lowest BCUT2D eigenvalue weighted by Gasteiger charge is -2.18. The summed E-state index contributed by atoms with van der Waals surface area (Å²) < 4.78 is 16.8. The van der Waals surface area contributed by atoms with Gasteiger partial charge in [0.15, 0.2) is 6.10 Å². The number of ether oxygens (including phenoxy) is 3. The molecule has 0 rings (SSSR count). The second kappa shape index (κ2) is 54.0. The van der Waals surface area contributed by atoms with E-state index in [0.29, 0.717) is 19.3 Å². The summed E-state index contributed by atoms with van der Waals surface area (Å²) in [6.45, 7) is 6.53. The van der Waals surface area contributed by atoms with Gasteiger partial charge in [0.1, 0.15) is 13.2 Å². The van der Waals surface area contributed by atoms with Crippen molar-refractivity contribution in [1.29, 1.82) is 0 Å². The Labute approximate surface area is 403 Å². The van der Waals surface area contributed by atoms with E-state index in [-0.39, 0.29) is 31.1 Å². The molecular weight excluding hydrogens is 805 g/mol. The molecule has 0 spiro atoms. The molecule has 0 aliphatic carbocycles. The average molecular weight is 911 g/mol. The third-order valence-corrected chi connectivity index (χ3v) is 12.3. The van der Waals surface area contributed by atoms with Crippen LogP contribution < -0.4 is 0 Å². The van der Waals surface area contributed by atoms with Crippen molar-refractivity contribution < 1.29 is 28.6 Å². The highest BCUT2D eigenvalue weighted by Gasteiger charge is 2.19. The Hall–Kier alpha value is -2.63. The monoisotopic (exact) mass is 911 g/mol. The molecule has 378 valence electrons. The molecule has 0 aromatic carbocycles. The second-order valence-electron chi connectivity index (χ2n) is 18.8. The summed E-state index contributed by atoms with van der Waals surface area (Å²) >= 11 is 0. The summed E-state index contributed by atoms with van der Waals surface area (Å²) in [5.74, 6) is -0.892. The van der Waals surface area contributed by atoms with Crippen LogP contribution in [0.4, 0.5) is 0 Å². The molecule has 0 aliphatic heterocycles. The zero-order valence-corrected chi connectivity index (χ0v) is 43.3. The maximum atomic E-state index is 12.8. The van der Waals surface area contributed by atoms with Gasteiger partial charge >= 0.3 is 17.9 Å². The molecule has 0 aromatic rings. The van der Waals surface area contributed by atoms with E-state index < -0.39 is 6.10 Å². The van der Waals surface area contributed by atoms with Crippen LogP contribution in [0.3, 0.4) is 0 Å². The van der Waals surface area contributed by atoms with Crippen LogP contribution in [0.1, 0.15) is 290 Å². The molecule has 0 saturated heterocycles. The molecule has 0 unspecified atom stereocenters. The van der Waals surface area contributed by atoms with Crippen LogP contribution in [0.5, 0.6) is 0 Å². The summed E-state index contributed by atoms with van der Waals surface area (Å²) in [5, 5.41) is 0. The predicted octanol–water partition coefficient (Wildman–Crippen LogP) is 18.7. The van der Waals surface area contributed by atoms with Gasteiger partial charge in [0.2, 0.25) is 0 Å². The Morgan fingerprint density at radius 3 is 0.954 bits per heavy atom. The molecule has 6 nitrogen and oxygen atoms in total. The van der Waals surface area contributed by atoms with E-state index >= 15 is 0 Å². The minimum atomic E-state index is -0.783. The van der Waals surface area contributed by atoms with Crippen LogP contribution in [0.25, 0.3) is 0 Å². The van der Waals surface area contributed by atoms with Gasteiger partial charge in [-0.2, -0.15) is 0 Å². The number of rotatable bonds is 51. The summed E-state index contributed by atoms with van der Waals surface area (Å²) in [6.07, 6.45) is 65.2. The molecular formula is C59H106O6. The number of hydrogen-bond acceptors (Lipinski definition) is 6. The molecule has 0 radical (unpaired) electrons. The van der Waals surface area contributed by atoms with Crippen molar-refractivity contribution in [1.82, 2.24) is 0 Å². The summed E-state index contributed by atoms with van der Waals surface area (Å²) in [4.78, 5) is 38.1. The summed E-state index contributed by atoms with van der Waals surface area (Å²) in [5.41, 5.74) is 0.